The van der Waals surface area contributed by atoms with Crippen LogP contribution in [0.15, 0.2) is 0 Å². The summed E-state index contributed by atoms with van der Waals surface area (Å²) in [4.78, 5) is 15.9. The molecule has 5 nitrogen and oxygen atoms in total. The van der Waals surface area contributed by atoms with Gasteiger partial charge >= 0.3 is 6.09 Å². The van der Waals surface area contributed by atoms with Crippen molar-refractivity contribution in [3.05, 3.63) is 0 Å². The van der Waals surface area contributed by atoms with Gasteiger partial charge in [0.15, 0.2) is 0 Å². The fraction of sp³-hybridized carbons (Fsp3) is 0.923. The lowest BCUT2D eigenvalue weighted by atomic mass is 10.2. The molecule has 1 aliphatic heterocycles. The number of aliphatic hydroxyl groups is 1. The molecular weight excluding hydrogens is 312 g/mol. The van der Waals surface area contributed by atoms with Crippen molar-refractivity contribution >= 4 is 22.0 Å². The van der Waals surface area contributed by atoms with Crippen LogP contribution in [0.25, 0.3) is 0 Å². The van der Waals surface area contributed by atoms with Crippen molar-refractivity contribution in [1.29, 1.82) is 0 Å². The maximum atomic E-state index is 11.9. The molecule has 0 spiro atoms. The maximum absolute atomic E-state index is 11.9. The minimum Gasteiger partial charge on any atom is -0.444 e. The first-order chi connectivity index (χ1) is 8.81. The summed E-state index contributed by atoms with van der Waals surface area (Å²) in [6.45, 7) is 9.57. The highest BCUT2D eigenvalue weighted by Crippen LogP contribution is 2.12. The van der Waals surface area contributed by atoms with E-state index in [-0.39, 0.29) is 12.2 Å². The second kappa shape index (κ2) is 7.45. The highest BCUT2D eigenvalue weighted by Gasteiger charge is 2.25. The van der Waals surface area contributed by atoms with Gasteiger partial charge < -0.3 is 14.7 Å². The molecule has 0 aromatic carbocycles. The Morgan fingerprint density at radius 2 is 1.89 bits per heavy atom. The van der Waals surface area contributed by atoms with Crippen molar-refractivity contribution in [2.24, 2.45) is 0 Å². The highest BCUT2D eigenvalue weighted by atomic mass is 79.9. The van der Waals surface area contributed by atoms with E-state index in [4.69, 9.17) is 4.74 Å². The van der Waals surface area contributed by atoms with Gasteiger partial charge in [0.25, 0.3) is 0 Å². The molecule has 6 heteroatoms. The van der Waals surface area contributed by atoms with Crippen LogP contribution in [0, 0.1) is 0 Å². The second-order valence-electron chi connectivity index (χ2n) is 5.91. The van der Waals surface area contributed by atoms with Crippen LogP contribution in [0.2, 0.25) is 0 Å². The number of nitrogens with zero attached hydrogens (tertiary/aromatic N) is 2. The van der Waals surface area contributed by atoms with Gasteiger partial charge in [-0.3, -0.25) is 4.90 Å². The van der Waals surface area contributed by atoms with Gasteiger partial charge in [-0.15, -0.1) is 0 Å². The van der Waals surface area contributed by atoms with Gasteiger partial charge in [-0.2, -0.15) is 0 Å². The van der Waals surface area contributed by atoms with Crippen LogP contribution in [0.3, 0.4) is 0 Å². The summed E-state index contributed by atoms with van der Waals surface area (Å²) in [6.07, 6.45) is 0.244. The number of halogens is 1. The minimum absolute atomic E-state index is 0.229. The molecule has 1 saturated heterocycles. The first kappa shape index (κ1) is 16.7. The summed E-state index contributed by atoms with van der Waals surface area (Å²) in [7, 11) is 0. The van der Waals surface area contributed by atoms with E-state index in [1.54, 1.807) is 4.90 Å². The van der Waals surface area contributed by atoms with Crippen molar-refractivity contribution in [1.82, 2.24) is 9.80 Å². The lowest BCUT2D eigenvalue weighted by Gasteiger charge is -2.35. The molecule has 0 aromatic rings. The summed E-state index contributed by atoms with van der Waals surface area (Å²) >= 11 is 3.26. The number of ether oxygens (including phenoxy) is 1. The van der Waals surface area contributed by atoms with E-state index in [1.165, 1.54) is 0 Å². The molecule has 1 fully saturated rings. The van der Waals surface area contributed by atoms with Gasteiger partial charge in [0, 0.05) is 38.1 Å². The predicted molar refractivity (Wildman–Crippen MR) is 78.7 cm³/mol. The molecule has 1 unspecified atom stereocenters. The molecule has 1 N–H and O–H groups in total. The molecule has 1 aliphatic rings. The smallest absolute Gasteiger partial charge is 0.410 e. The Morgan fingerprint density at radius 3 is 2.37 bits per heavy atom. The molecule has 0 saturated carbocycles. The summed E-state index contributed by atoms with van der Waals surface area (Å²) in [5.74, 6) is 0. The van der Waals surface area contributed by atoms with Gasteiger partial charge in [-0.05, 0) is 27.2 Å². The van der Waals surface area contributed by atoms with E-state index in [0.29, 0.717) is 18.4 Å². The van der Waals surface area contributed by atoms with Gasteiger partial charge in [0.1, 0.15) is 5.60 Å². The lowest BCUT2D eigenvalue weighted by molar-refractivity contribution is 0.0135. The second-order valence-corrected chi connectivity index (χ2v) is 6.55. The van der Waals surface area contributed by atoms with Gasteiger partial charge in [0.2, 0.25) is 0 Å². The van der Waals surface area contributed by atoms with Crippen LogP contribution in [-0.4, -0.2) is 70.8 Å². The molecule has 1 heterocycles. The Morgan fingerprint density at radius 1 is 1.32 bits per heavy atom. The number of carbonyl (C=O) groups excluding carboxylic acids is 1. The Bertz CT molecular complexity index is 286. The molecule has 1 amide bonds. The summed E-state index contributed by atoms with van der Waals surface area (Å²) in [5, 5.41) is 10.1. The van der Waals surface area contributed by atoms with Crippen LogP contribution in [-0.2, 0) is 4.74 Å². The Kier molecular flexibility index (Phi) is 6.56. The first-order valence-corrected chi connectivity index (χ1v) is 7.88. The maximum Gasteiger partial charge on any atom is 0.410 e. The summed E-state index contributed by atoms with van der Waals surface area (Å²) in [5.41, 5.74) is -0.436. The number of carbonyl (C=O) groups is 1. The number of hydrogen-bond acceptors (Lipinski definition) is 4. The number of rotatable bonds is 4. The molecule has 1 rings (SSSR count). The van der Waals surface area contributed by atoms with E-state index in [2.05, 4.69) is 20.8 Å². The Hall–Kier alpha value is -0.330. The van der Waals surface area contributed by atoms with Gasteiger partial charge in [-0.1, -0.05) is 15.9 Å². The quantitative estimate of drug-likeness (QED) is 0.793. The summed E-state index contributed by atoms with van der Waals surface area (Å²) < 4.78 is 5.35. The fourth-order valence-electron chi connectivity index (χ4n) is 1.89. The van der Waals surface area contributed by atoms with E-state index in [0.717, 1.165) is 26.1 Å². The normalized spacial score (nSPS) is 19.3. The van der Waals surface area contributed by atoms with E-state index < -0.39 is 5.60 Å². The van der Waals surface area contributed by atoms with Crippen molar-refractivity contribution in [3.8, 4) is 0 Å². The number of hydrogen-bond donors (Lipinski definition) is 1. The Balaban J connectivity index is 2.27. The molecule has 0 aliphatic carbocycles. The molecule has 0 bridgehead atoms. The molecular formula is C13H25BrN2O3. The number of amides is 1. The summed E-state index contributed by atoms with van der Waals surface area (Å²) in [6, 6.07) is 0. The molecule has 1 atom stereocenters. The zero-order valence-electron chi connectivity index (χ0n) is 12.1. The topological polar surface area (TPSA) is 53.0 Å². The SMILES string of the molecule is CC(C)(C)OC(=O)N1CCN(CCC(O)CBr)CC1. The van der Waals surface area contributed by atoms with E-state index >= 15 is 0 Å². The predicted octanol–water partition coefficient (Wildman–Crippen LogP) is 1.68. The Labute approximate surface area is 124 Å². The van der Waals surface area contributed by atoms with Crippen LogP contribution < -0.4 is 0 Å². The first-order valence-electron chi connectivity index (χ1n) is 6.76. The standard InChI is InChI=1S/C13H25BrN2O3/c1-13(2,3)19-12(18)16-8-6-15(7-9-16)5-4-11(17)10-14/h11,17H,4-10H2,1-3H3. The third kappa shape index (κ3) is 6.58. The lowest BCUT2D eigenvalue weighted by Crippen LogP contribution is -2.50. The third-order valence-electron chi connectivity index (χ3n) is 2.98. The molecule has 0 radical (unpaired) electrons. The van der Waals surface area contributed by atoms with Crippen LogP contribution in [0.5, 0.6) is 0 Å². The van der Waals surface area contributed by atoms with Crippen LogP contribution in [0.4, 0.5) is 4.79 Å². The fourth-order valence-corrected chi connectivity index (χ4v) is 2.21. The zero-order chi connectivity index (χ0) is 14.5. The van der Waals surface area contributed by atoms with Crippen LogP contribution >= 0.6 is 15.9 Å². The third-order valence-corrected chi connectivity index (χ3v) is 3.73. The number of piperazine rings is 1. The van der Waals surface area contributed by atoms with Gasteiger partial charge in [0.05, 0.1) is 6.10 Å². The monoisotopic (exact) mass is 336 g/mol. The van der Waals surface area contributed by atoms with Crippen molar-refractivity contribution in [3.63, 3.8) is 0 Å². The molecule has 0 aromatic heterocycles. The molecule has 19 heavy (non-hydrogen) atoms. The van der Waals surface area contributed by atoms with Crippen molar-refractivity contribution in [2.45, 2.75) is 38.9 Å². The van der Waals surface area contributed by atoms with Crippen molar-refractivity contribution < 1.29 is 14.6 Å². The number of aliphatic hydroxyl groups excluding tert-OH is 1. The average molecular weight is 337 g/mol. The minimum atomic E-state index is -0.436. The van der Waals surface area contributed by atoms with E-state index in [9.17, 15) is 9.90 Å². The van der Waals surface area contributed by atoms with Crippen molar-refractivity contribution in [2.75, 3.05) is 38.1 Å². The number of alkyl halides is 1. The average Bonchev–Trinajstić information content (AvgIpc) is 2.34. The van der Waals surface area contributed by atoms with Gasteiger partial charge in [-0.25, -0.2) is 4.79 Å². The highest BCUT2D eigenvalue weighted by molar-refractivity contribution is 9.09. The largest absolute Gasteiger partial charge is 0.444 e. The zero-order valence-corrected chi connectivity index (χ0v) is 13.6. The molecule has 112 valence electrons. The van der Waals surface area contributed by atoms with E-state index in [1.807, 2.05) is 20.8 Å². The van der Waals surface area contributed by atoms with Crippen LogP contribution in [0.1, 0.15) is 27.2 Å².